The van der Waals surface area contributed by atoms with Gasteiger partial charge in [0, 0.05) is 13.1 Å². The number of azo groups is 1. The molecule has 0 bridgehead atoms. The average Bonchev–Trinajstić information content (AvgIpc) is 2.94. The van der Waals surface area contributed by atoms with Gasteiger partial charge in [-0.25, -0.2) is 19.2 Å². The van der Waals surface area contributed by atoms with Crippen LogP contribution in [-0.4, -0.2) is 45.3 Å². The normalized spacial score (nSPS) is 16.3. The van der Waals surface area contributed by atoms with Crippen LogP contribution >= 0.6 is 11.5 Å². The maximum Gasteiger partial charge on any atom is 0.277 e. The second kappa shape index (κ2) is 5.97. The maximum absolute atomic E-state index is 12.1. The lowest BCUT2D eigenvalue weighted by Gasteiger charge is -2.24. The molecule has 1 aromatic heterocycles. The fraction of sp³-hybridized carbons (Fsp3) is 0.500. The van der Waals surface area contributed by atoms with E-state index in [2.05, 4.69) is 19.4 Å². The molecule has 1 aromatic rings. The van der Waals surface area contributed by atoms with E-state index in [1.54, 1.807) is 20.8 Å². The highest BCUT2D eigenvalue weighted by atomic mass is 32.1. The van der Waals surface area contributed by atoms with Crippen molar-refractivity contribution in [1.29, 1.82) is 0 Å². The molecular weight excluding hydrogens is 292 g/mol. The molecule has 0 aromatic carbocycles. The molecule has 0 saturated carbocycles. The Balaban J connectivity index is 2.27. The fourth-order valence-electron chi connectivity index (χ4n) is 2.04. The van der Waals surface area contributed by atoms with E-state index in [1.807, 2.05) is 0 Å². The van der Waals surface area contributed by atoms with Crippen molar-refractivity contribution in [2.45, 2.75) is 26.8 Å². The molecule has 2 heterocycles. The second-order valence-corrected chi connectivity index (χ2v) is 5.01. The van der Waals surface area contributed by atoms with Crippen molar-refractivity contribution >= 4 is 34.0 Å². The van der Waals surface area contributed by atoms with Gasteiger partial charge in [-0.15, -0.1) is 0 Å². The molecule has 2 amide bonds. The van der Waals surface area contributed by atoms with E-state index in [0.29, 0.717) is 29.5 Å². The lowest BCUT2D eigenvalue weighted by atomic mass is 10.3. The number of nitrogens with zero attached hydrogens (tertiary/aromatic N) is 6. The molecule has 110 valence electrons. The number of carbonyl (C=O) groups is 2. The maximum atomic E-state index is 12.1. The molecule has 9 heteroatoms. The molecule has 2 rings (SSSR count). The fourth-order valence-corrected chi connectivity index (χ4v) is 2.71. The second-order valence-electron chi connectivity index (χ2n) is 4.26. The van der Waals surface area contributed by atoms with E-state index in [4.69, 9.17) is 6.57 Å². The minimum absolute atomic E-state index is 0.307. The van der Waals surface area contributed by atoms with Crippen molar-refractivity contribution in [1.82, 2.24) is 14.4 Å². The van der Waals surface area contributed by atoms with Gasteiger partial charge in [0.15, 0.2) is 5.00 Å². The molecule has 8 nitrogen and oxygen atoms in total. The first-order valence-electron chi connectivity index (χ1n) is 6.42. The molecule has 0 aliphatic carbocycles. The number of hydrogen-bond donors (Lipinski definition) is 0. The largest absolute Gasteiger partial charge is 0.277 e. The van der Waals surface area contributed by atoms with Crippen LogP contribution < -0.4 is 0 Å². The summed E-state index contributed by atoms with van der Waals surface area (Å²) in [4.78, 5) is 27.6. The lowest BCUT2D eigenvalue weighted by molar-refractivity contribution is -0.145. The van der Waals surface area contributed by atoms with Crippen molar-refractivity contribution in [3.8, 4) is 0 Å². The van der Waals surface area contributed by atoms with Gasteiger partial charge in [-0.05, 0) is 32.3 Å². The Morgan fingerprint density at radius 3 is 2.33 bits per heavy atom. The van der Waals surface area contributed by atoms with Gasteiger partial charge in [0.25, 0.3) is 11.8 Å². The molecule has 21 heavy (non-hydrogen) atoms. The summed E-state index contributed by atoms with van der Waals surface area (Å²) < 4.78 is 4.02. The molecule has 0 N–H and O–H groups in total. The van der Waals surface area contributed by atoms with Crippen LogP contribution in [0.5, 0.6) is 0 Å². The molecule has 0 spiro atoms. The van der Waals surface area contributed by atoms with Crippen LogP contribution in [0.1, 0.15) is 19.5 Å². The Bertz CT molecular complexity index is 625. The summed E-state index contributed by atoms with van der Waals surface area (Å²) >= 11 is 1.03. The first-order valence-corrected chi connectivity index (χ1v) is 7.19. The monoisotopic (exact) mass is 306 g/mol. The zero-order valence-corrected chi connectivity index (χ0v) is 12.7. The van der Waals surface area contributed by atoms with Crippen LogP contribution in [0.4, 0.5) is 10.7 Å². The molecule has 0 radical (unpaired) electrons. The Labute approximate surface area is 126 Å². The van der Waals surface area contributed by atoms with Crippen LogP contribution in [0, 0.1) is 13.5 Å². The SMILES string of the molecule is [C-]#[N+]c1c(C)nsc1/N=N/C1C(=O)N(CC)N(CC)C1=O. The summed E-state index contributed by atoms with van der Waals surface area (Å²) in [6, 6.07) is -1.16. The highest BCUT2D eigenvalue weighted by Gasteiger charge is 2.44. The van der Waals surface area contributed by atoms with Crippen molar-refractivity contribution in [2.75, 3.05) is 13.1 Å². The topological polar surface area (TPSA) is 82.6 Å². The third-order valence-corrected chi connectivity index (χ3v) is 3.87. The van der Waals surface area contributed by atoms with Gasteiger partial charge in [0.1, 0.15) is 0 Å². The summed E-state index contributed by atoms with van der Waals surface area (Å²) in [5.41, 5.74) is 0.875. The summed E-state index contributed by atoms with van der Waals surface area (Å²) in [6.07, 6.45) is 0. The molecule has 1 aliphatic heterocycles. The highest BCUT2D eigenvalue weighted by molar-refractivity contribution is 7.10. The van der Waals surface area contributed by atoms with Crippen molar-refractivity contribution < 1.29 is 9.59 Å². The zero-order chi connectivity index (χ0) is 15.6. The number of rotatable bonds is 4. The lowest BCUT2D eigenvalue weighted by Crippen LogP contribution is -2.40. The third-order valence-electron chi connectivity index (χ3n) is 3.06. The molecule has 1 saturated heterocycles. The first-order chi connectivity index (χ1) is 10.0. The van der Waals surface area contributed by atoms with Crippen molar-refractivity contribution in [3.05, 3.63) is 17.1 Å². The zero-order valence-electron chi connectivity index (χ0n) is 11.9. The number of carbonyl (C=O) groups excluding carboxylic acids is 2. The summed E-state index contributed by atoms with van der Waals surface area (Å²) in [5.74, 6) is -0.780. The van der Waals surface area contributed by atoms with Crippen LogP contribution in [0.3, 0.4) is 0 Å². The van der Waals surface area contributed by atoms with E-state index in [-0.39, 0.29) is 0 Å². The molecule has 0 unspecified atom stereocenters. The van der Waals surface area contributed by atoms with Gasteiger partial charge in [-0.3, -0.25) is 9.59 Å². The van der Waals surface area contributed by atoms with E-state index in [1.165, 1.54) is 10.0 Å². The van der Waals surface area contributed by atoms with E-state index < -0.39 is 17.9 Å². The Morgan fingerprint density at radius 2 is 1.86 bits per heavy atom. The van der Waals surface area contributed by atoms with Gasteiger partial charge >= 0.3 is 0 Å². The molecule has 1 aliphatic rings. The van der Waals surface area contributed by atoms with Gasteiger partial charge in [-0.1, -0.05) is 0 Å². The summed E-state index contributed by atoms with van der Waals surface area (Å²) in [5, 5.41) is 10.8. The Kier molecular flexibility index (Phi) is 4.28. The number of aryl methyl sites for hydroxylation is 1. The van der Waals surface area contributed by atoms with E-state index >= 15 is 0 Å². The number of amides is 2. The molecular formula is C12H14N6O2S. The average molecular weight is 306 g/mol. The van der Waals surface area contributed by atoms with E-state index in [0.717, 1.165) is 11.5 Å². The number of aromatic nitrogens is 1. The summed E-state index contributed by atoms with van der Waals surface area (Å²) in [7, 11) is 0. The standard InChI is InChI=1S/C12H14N6O2S/c1-5-17-11(19)9(12(20)18(17)6-2)14-15-10-8(13-4)7(3)16-21-10/h9H,5-6H2,1-3H3/b15-14+. The predicted octanol–water partition coefficient (Wildman–Crippen LogP) is 2.08. The Hall–Kier alpha value is -2.34. The van der Waals surface area contributed by atoms with Gasteiger partial charge in [-0.2, -0.15) is 10.2 Å². The molecule has 1 fully saturated rings. The number of hydrazine groups is 1. The number of hydrogen-bond acceptors (Lipinski definition) is 6. The predicted molar refractivity (Wildman–Crippen MR) is 76.2 cm³/mol. The first kappa shape index (κ1) is 15.1. The van der Waals surface area contributed by atoms with Crippen molar-refractivity contribution in [2.24, 2.45) is 10.2 Å². The third kappa shape index (κ3) is 2.50. The smallest absolute Gasteiger partial charge is 0.270 e. The van der Waals surface area contributed by atoms with Crippen LogP contribution in [0.15, 0.2) is 10.2 Å². The van der Waals surface area contributed by atoms with E-state index in [9.17, 15) is 9.59 Å². The molecule has 0 atom stereocenters. The van der Waals surface area contributed by atoms with Crippen LogP contribution in [0.2, 0.25) is 0 Å². The van der Waals surface area contributed by atoms with Gasteiger partial charge < -0.3 is 0 Å². The van der Waals surface area contributed by atoms with Crippen molar-refractivity contribution in [3.63, 3.8) is 0 Å². The quantitative estimate of drug-likeness (QED) is 0.485. The minimum Gasteiger partial charge on any atom is -0.270 e. The Morgan fingerprint density at radius 1 is 1.29 bits per heavy atom. The van der Waals surface area contributed by atoms with Crippen LogP contribution in [-0.2, 0) is 9.59 Å². The number of likely N-dealkylation sites (N-methyl/N-ethyl adjacent to an activating group) is 2. The van der Waals surface area contributed by atoms with Crippen LogP contribution in [0.25, 0.3) is 4.85 Å². The minimum atomic E-state index is -1.16. The van der Waals surface area contributed by atoms with Gasteiger partial charge in [0.05, 0.1) is 12.3 Å². The van der Waals surface area contributed by atoms with Gasteiger partial charge in [0.2, 0.25) is 11.7 Å². The summed E-state index contributed by atoms with van der Waals surface area (Å²) in [6.45, 7) is 13.2. The highest BCUT2D eigenvalue weighted by Crippen LogP contribution is 2.36.